The second kappa shape index (κ2) is 8.91. The molecule has 0 aromatic heterocycles. The molecule has 2 aromatic rings. The predicted octanol–water partition coefficient (Wildman–Crippen LogP) is 6.13. The summed E-state index contributed by atoms with van der Waals surface area (Å²) >= 11 is 6.24. The maximum Gasteiger partial charge on any atom is 0.133 e. The van der Waals surface area contributed by atoms with Crippen molar-refractivity contribution in [1.82, 2.24) is 4.90 Å². The van der Waals surface area contributed by atoms with Crippen LogP contribution < -0.4 is 9.64 Å². The van der Waals surface area contributed by atoms with Crippen LogP contribution in [0.3, 0.4) is 0 Å². The number of thiocarbonyl (C=S) groups is 1. The number of amidine groups is 1. The van der Waals surface area contributed by atoms with Crippen molar-refractivity contribution in [2.45, 2.75) is 51.0 Å². The summed E-state index contributed by atoms with van der Waals surface area (Å²) in [6.45, 7) is 2.15. The summed E-state index contributed by atoms with van der Waals surface area (Å²) in [5.41, 5.74) is 1.69. The van der Waals surface area contributed by atoms with Crippen LogP contribution in [0.1, 0.15) is 44.9 Å². The zero-order valence-corrected chi connectivity index (χ0v) is 19.4. The van der Waals surface area contributed by atoms with Crippen molar-refractivity contribution in [2.24, 2.45) is 10.4 Å². The van der Waals surface area contributed by atoms with E-state index in [0.29, 0.717) is 0 Å². The topological polar surface area (TPSA) is 28.1 Å². The second-order valence-electron chi connectivity index (χ2n) is 9.15. The number of rotatable bonds is 4. The van der Waals surface area contributed by atoms with Gasteiger partial charge in [0, 0.05) is 11.1 Å². The lowest BCUT2D eigenvalue weighted by Crippen LogP contribution is -2.49. The zero-order valence-electron chi connectivity index (χ0n) is 18.6. The number of anilines is 1. The third-order valence-corrected chi connectivity index (χ3v) is 7.87. The largest absolute Gasteiger partial charge is 0.497 e. The van der Waals surface area contributed by atoms with Crippen LogP contribution in [0.25, 0.3) is 0 Å². The Morgan fingerprint density at radius 1 is 0.938 bits per heavy atom. The molecule has 6 heteroatoms. The molecule has 0 radical (unpaired) electrons. The normalized spacial score (nSPS) is 24.6. The van der Waals surface area contributed by atoms with Crippen LogP contribution in [-0.4, -0.2) is 42.0 Å². The lowest BCUT2D eigenvalue weighted by Gasteiger charge is -2.41. The average Bonchev–Trinajstić information content (AvgIpc) is 3.42. The van der Waals surface area contributed by atoms with Crippen LogP contribution in [0.4, 0.5) is 15.8 Å². The lowest BCUT2D eigenvalue weighted by molar-refractivity contribution is 0.155. The Morgan fingerprint density at radius 2 is 1.59 bits per heavy atom. The molecule has 2 aromatic carbocycles. The molecule has 3 aliphatic rings. The summed E-state index contributed by atoms with van der Waals surface area (Å²) in [4.78, 5) is 10.9. The third-order valence-electron chi connectivity index (χ3n) is 7.28. The van der Waals surface area contributed by atoms with E-state index in [1.54, 1.807) is 7.11 Å². The van der Waals surface area contributed by atoms with Gasteiger partial charge in [0.05, 0.1) is 23.8 Å². The highest BCUT2D eigenvalue weighted by Crippen LogP contribution is 2.50. The van der Waals surface area contributed by atoms with Gasteiger partial charge in [-0.3, -0.25) is 9.80 Å². The molecule has 168 valence electrons. The highest BCUT2D eigenvalue weighted by atomic mass is 32.1. The van der Waals surface area contributed by atoms with Gasteiger partial charge in [-0.15, -0.1) is 0 Å². The number of methoxy groups -OCH3 is 1. The number of aliphatic imine (C=N–C) groups is 1. The smallest absolute Gasteiger partial charge is 0.133 e. The molecule has 1 unspecified atom stereocenters. The van der Waals surface area contributed by atoms with E-state index >= 15 is 0 Å². The van der Waals surface area contributed by atoms with Crippen molar-refractivity contribution in [1.29, 1.82) is 0 Å². The van der Waals surface area contributed by atoms with Gasteiger partial charge in [0.1, 0.15) is 17.4 Å². The Morgan fingerprint density at radius 3 is 2.22 bits per heavy atom. The summed E-state index contributed by atoms with van der Waals surface area (Å²) in [7, 11) is 1.67. The van der Waals surface area contributed by atoms with E-state index < -0.39 is 0 Å². The van der Waals surface area contributed by atoms with Gasteiger partial charge in [-0.05, 0) is 87.3 Å². The predicted molar refractivity (Wildman–Crippen MR) is 132 cm³/mol. The zero-order chi connectivity index (χ0) is 22.1. The summed E-state index contributed by atoms with van der Waals surface area (Å²) in [6, 6.07) is 14.7. The van der Waals surface area contributed by atoms with Gasteiger partial charge >= 0.3 is 0 Å². The maximum absolute atomic E-state index is 13.8. The molecule has 1 saturated carbocycles. The number of nitrogens with zero attached hydrogens (tertiary/aromatic N) is 3. The van der Waals surface area contributed by atoms with E-state index in [9.17, 15) is 4.39 Å². The quantitative estimate of drug-likeness (QED) is 0.523. The molecule has 0 N–H and O–H groups in total. The summed E-state index contributed by atoms with van der Waals surface area (Å²) in [5.74, 6) is 1.55. The Labute approximate surface area is 195 Å². The molecule has 0 amide bonds. The molecule has 32 heavy (non-hydrogen) atoms. The third kappa shape index (κ3) is 3.73. The van der Waals surface area contributed by atoms with E-state index in [1.807, 2.05) is 36.4 Å². The van der Waals surface area contributed by atoms with Gasteiger partial charge in [0.15, 0.2) is 0 Å². The fraction of sp³-hybridized carbons (Fsp3) is 0.462. The first-order chi connectivity index (χ1) is 15.6. The van der Waals surface area contributed by atoms with Crippen LogP contribution in [-0.2, 0) is 0 Å². The molecule has 2 saturated heterocycles. The number of hydrogen-bond donors (Lipinski definition) is 0. The Hall–Kier alpha value is -2.31. The van der Waals surface area contributed by atoms with Crippen LogP contribution in [0.2, 0.25) is 0 Å². The Balaban J connectivity index is 1.66. The first-order valence-corrected chi connectivity index (χ1v) is 12.1. The molecule has 2 heterocycles. The lowest BCUT2D eigenvalue weighted by atomic mass is 9.70. The standard InChI is InChI=1S/C26H30FN3OS/c1-31-22-13-9-20(10-14-22)28-24-23(29-17-5-6-18-29)26(15-3-2-4-16-26)25(32)30(24)21-11-7-19(27)8-12-21/h7-14,23H,2-6,15-18H2,1H3. The SMILES string of the molecule is COc1ccc(N=C2C(N3CCCC3)C3(CCCCC3)C(=S)N2c2ccc(F)cc2)cc1. The van der Waals surface area contributed by atoms with Gasteiger partial charge in [0.25, 0.3) is 0 Å². The first kappa shape index (κ1) is 21.5. The maximum atomic E-state index is 13.8. The van der Waals surface area contributed by atoms with Gasteiger partial charge in [-0.2, -0.15) is 0 Å². The number of hydrogen-bond acceptors (Lipinski definition) is 4. The van der Waals surface area contributed by atoms with Crippen molar-refractivity contribution in [3.63, 3.8) is 0 Å². The van der Waals surface area contributed by atoms with Crippen molar-refractivity contribution < 1.29 is 9.13 Å². The number of benzene rings is 2. The van der Waals surface area contributed by atoms with Crippen LogP contribution in [0, 0.1) is 11.2 Å². The Kier molecular flexibility index (Phi) is 5.99. The average molecular weight is 452 g/mol. The van der Waals surface area contributed by atoms with Gasteiger partial charge in [-0.1, -0.05) is 31.5 Å². The van der Waals surface area contributed by atoms with Crippen LogP contribution in [0.5, 0.6) is 5.75 Å². The first-order valence-electron chi connectivity index (χ1n) is 11.7. The van der Waals surface area contributed by atoms with Crippen LogP contribution in [0.15, 0.2) is 53.5 Å². The summed E-state index contributed by atoms with van der Waals surface area (Å²) < 4.78 is 19.1. The second-order valence-corrected chi connectivity index (χ2v) is 9.53. The van der Waals surface area contributed by atoms with Crippen molar-refractivity contribution in [2.75, 3.05) is 25.1 Å². The summed E-state index contributed by atoms with van der Waals surface area (Å²) in [6.07, 6.45) is 8.25. The monoisotopic (exact) mass is 451 g/mol. The molecular formula is C26H30FN3OS. The number of likely N-dealkylation sites (tertiary alicyclic amines) is 1. The highest BCUT2D eigenvalue weighted by Gasteiger charge is 2.57. The van der Waals surface area contributed by atoms with Crippen molar-refractivity contribution in [3.05, 3.63) is 54.3 Å². The number of ether oxygens (including phenoxy) is 1. The fourth-order valence-electron chi connectivity index (χ4n) is 5.74. The van der Waals surface area contributed by atoms with Gasteiger partial charge in [-0.25, -0.2) is 9.38 Å². The summed E-state index contributed by atoms with van der Waals surface area (Å²) in [5, 5.41) is 0. The van der Waals surface area contributed by atoms with E-state index in [0.717, 1.165) is 53.9 Å². The van der Waals surface area contributed by atoms with E-state index in [-0.39, 0.29) is 17.3 Å². The molecule has 5 rings (SSSR count). The van der Waals surface area contributed by atoms with Crippen molar-refractivity contribution in [3.8, 4) is 5.75 Å². The van der Waals surface area contributed by atoms with Crippen molar-refractivity contribution >= 4 is 34.4 Å². The Bertz CT molecular complexity index is 993. The van der Waals surface area contributed by atoms with Gasteiger partial charge in [0.2, 0.25) is 0 Å². The molecule has 4 nitrogen and oxygen atoms in total. The minimum Gasteiger partial charge on any atom is -0.497 e. The molecule has 1 atom stereocenters. The molecule has 1 spiro atoms. The molecular weight excluding hydrogens is 421 g/mol. The number of halogens is 1. The van der Waals surface area contributed by atoms with E-state index in [4.69, 9.17) is 21.9 Å². The molecule has 1 aliphatic carbocycles. The minimum absolute atomic E-state index is 0.0857. The minimum atomic E-state index is -0.240. The molecule has 0 bridgehead atoms. The van der Waals surface area contributed by atoms with E-state index in [2.05, 4.69) is 9.80 Å². The van der Waals surface area contributed by atoms with Gasteiger partial charge < -0.3 is 4.74 Å². The highest BCUT2D eigenvalue weighted by molar-refractivity contribution is 7.80. The molecule has 3 fully saturated rings. The van der Waals surface area contributed by atoms with Crippen LogP contribution >= 0.6 is 12.2 Å². The molecule has 2 aliphatic heterocycles. The fourth-order valence-corrected chi connectivity index (χ4v) is 6.25. The van der Waals surface area contributed by atoms with E-state index in [1.165, 1.54) is 44.2 Å².